The first-order valence-electron chi connectivity index (χ1n) is 14.5. The molecule has 1 atom stereocenters. The smallest absolute Gasteiger partial charge is 0.253 e. The van der Waals surface area contributed by atoms with Crippen molar-refractivity contribution in [2.45, 2.75) is 50.0 Å². The number of hydrogen-bond acceptors (Lipinski definition) is 7. The van der Waals surface area contributed by atoms with Crippen molar-refractivity contribution in [3.8, 4) is 11.3 Å². The van der Waals surface area contributed by atoms with Crippen LogP contribution in [0, 0.1) is 6.92 Å². The van der Waals surface area contributed by atoms with Gasteiger partial charge in [-0.3, -0.25) is 4.79 Å². The van der Waals surface area contributed by atoms with Crippen LogP contribution >= 0.6 is 0 Å². The van der Waals surface area contributed by atoms with Crippen LogP contribution < -0.4 is 10.0 Å². The second-order valence-corrected chi connectivity index (χ2v) is 12.7. The molecule has 42 heavy (non-hydrogen) atoms. The maximum absolute atomic E-state index is 13.2. The highest BCUT2D eigenvalue weighted by Crippen LogP contribution is 2.33. The van der Waals surface area contributed by atoms with Gasteiger partial charge in [-0.25, -0.2) is 13.1 Å². The number of anilines is 2. The van der Waals surface area contributed by atoms with Gasteiger partial charge in [-0.2, -0.15) is 0 Å². The molecule has 0 bridgehead atoms. The van der Waals surface area contributed by atoms with E-state index in [1.807, 2.05) is 59.5 Å². The lowest BCUT2D eigenvalue weighted by atomic mass is 10.0. The molecule has 0 aliphatic carbocycles. The van der Waals surface area contributed by atoms with Gasteiger partial charge in [-0.05, 0) is 74.9 Å². The Balaban J connectivity index is 1.25. The number of fused-ring (bicyclic) bond motifs is 1. The molecule has 4 aromatic rings. The molecule has 0 saturated carbocycles. The molecule has 2 aliphatic heterocycles. The minimum atomic E-state index is -3.75. The molecule has 2 N–H and O–H groups in total. The van der Waals surface area contributed by atoms with Crippen LogP contribution in [0.3, 0.4) is 0 Å². The van der Waals surface area contributed by atoms with E-state index in [0.29, 0.717) is 34.8 Å². The Morgan fingerprint density at radius 2 is 1.71 bits per heavy atom. The largest absolute Gasteiger partial charge is 0.377 e. The summed E-state index contributed by atoms with van der Waals surface area (Å²) in [6.07, 6.45) is 4.99. The number of carbonyl (C=O) groups excluding carboxylic acids is 1. The minimum absolute atomic E-state index is 0.0670. The monoisotopic (exact) mass is 585 g/mol. The normalized spacial score (nSPS) is 17.5. The Labute approximate surface area is 246 Å². The van der Waals surface area contributed by atoms with E-state index < -0.39 is 10.0 Å². The summed E-state index contributed by atoms with van der Waals surface area (Å²) in [6, 6.07) is 20.5. The molecule has 9 nitrogen and oxygen atoms in total. The van der Waals surface area contributed by atoms with Gasteiger partial charge in [0.25, 0.3) is 5.91 Å². The van der Waals surface area contributed by atoms with Gasteiger partial charge < -0.3 is 15.0 Å². The Kier molecular flexibility index (Phi) is 8.19. The maximum atomic E-state index is 13.2. The van der Waals surface area contributed by atoms with E-state index in [1.165, 1.54) is 6.42 Å². The van der Waals surface area contributed by atoms with Gasteiger partial charge in [-0.15, -0.1) is 10.2 Å². The fourth-order valence-electron chi connectivity index (χ4n) is 5.64. The first-order chi connectivity index (χ1) is 20.4. The van der Waals surface area contributed by atoms with Crippen LogP contribution in [0.5, 0.6) is 0 Å². The molecule has 0 spiro atoms. The number of carbonyl (C=O) groups is 1. The summed E-state index contributed by atoms with van der Waals surface area (Å²) >= 11 is 0. The highest BCUT2D eigenvalue weighted by atomic mass is 32.2. The molecule has 2 aliphatic rings. The first-order valence-corrected chi connectivity index (χ1v) is 16.0. The van der Waals surface area contributed by atoms with Crippen molar-refractivity contribution in [3.63, 3.8) is 0 Å². The van der Waals surface area contributed by atoms with E-state index in [0.717, 1.165) is 55.2 Å². The number of amides is 1. The van der Waals surface area contributed by atoms with Crippen molar-refractivity contribution in [1.82, 2.24) is 19.8 Å². The summed E-state index contributed by atoms with van der Waals surface area (Å²) in [6.45, 7) is 4.33. The number of piperidine rings is 1. The molecule has 1 amide bonds. The van der Waals surface area contributed by atoms with Crippen LogP contribution in [0.25, 0.3) is 22.0 Å². The highest BCUT2D eigenvalue weighted by Gasteiger charge is 2.23. The third kappa shape index (κ3) is 6.01. The highest BCUT2D eigenvalue weighted by molar-refractivity contribution is 7.89. The topological polar surface area (TPSA) is 114 Å². The zero-order valence-electron chi connectivity index (χ0n) is 23.7. The van der Waals surface area contributed by atoms with Crippen molar-refractivity contribution < 1.29 is 17.9 Å². The number of sulfonamides is 1. The Bertz CT molecular complexity index is 1700. The SMILES string of the molecule is Cc1ccc(-c2nnc(Nc3ccc(C(=O)N4CCCCC4)cc3)c3ccccc23)cc1S(=O)(=O)NC[C@H]1CCCO1. The summed E-state index contributed by atoms with van der Waals surface area (Å²) in [5.41, 5.74) is 3.36. The molecule has 3 aromatic carbocycles. The van der Waals surface area contributed by atoms with Gasteiger partial charge in [0, 0.05) is 53.8 Å². The molecule has 3 heterocycles. The standard InChI is InChI=1S/C32H35N5O4S/c1-22-11-12-24(20-29(22)42(39,40)33-21-26-8-7-19-41-26)30-27-9-3-4-10-28(27)31(36-35-30)34-25-15-13-23(14-16-25)32(38)37-17-5-2-6-18-37/h3-4,9-16,20,26,33H,2,5-8,17-19,21H2,1H3,(H,34,36)/t26-/m1/s1. The van der Waals surface area contributed by atoms with Gasteiger partial charge in [0.15, 0.2) is 5.82 Å². The lowest BCUT2D eigenvalue weighted by Crippen LogP contribution is -2.35. The maximum Gasteiger partial charge on any atom is 0.253 e. The minimum Gasteiger partial charge on any atom is -0.377 e. The molecule has 10 heteroatoms. The molecular weight excluding hydrogens is 550 g/mol. The molecule has 218 valence electrons. The zero-order chi connectivity index (χ0) is 29.1. The van der Waals surface area contributed by atoms with Crippen molar-refractivity contribution in [2.24, 2.45) is 0 Å². The first kappa shape index (κ1) is 28.3. The van der Waals surface area contributed by atoms with Crippen LogP contribution in [0.2, 0.25) is 0 Å². The molecular formula is C32H35N5O4S. The van der Waals surface area contributed by atoms with Crippen molar-refractivity contribution in [2.75, 3.05) is 31.6 Å². The second kappa shape index (κ2) is 12.2. The van der Waals surface area contributed by atoms with E-state index in [4.69, 9.17) is 4.74 Å². The summed E-state index contributed by atoms with van der Waals surface area (Å²) in [5.74, 6) is 0.639. The summed E-state index contributed by atoms with van der Waals surface area (Å²) in [4.78, 5) is 15.0. The van der Waals surface area contributed by atoms with Crippen LogP contribution in [-0.4, -0.2) is 61.8 Å². The van der Waals surface area contributed by atoms with Crippen LogP contribution in [0.4, 0.5) is 11.5 Å². The summed E-state index contributed by atoms with van der Waals surface area (Å²) in [7, 11) is -3.75. The summed E-state index contributed by atoms with van der Waals surface area (Å²) < 4.78 is 34.8. The fraction of sp³-hybridized carbons (Fsp3) is 0.344. The Hall–Kier alpha value is -3.86. The number of likely N-dealkylation sites (tertiary alicyclic amines) is 1. The van der Waals surface area contributed by atoms with Crippen LogP contribution in [-0.2, 0) is 14.8 Å². The third-order valence-electron chi connectivity index (χ3n) is 8.00. The van der Waals surface area contributed by atoms with Gasteiger partial charge in [0.2, 0.25) is 10.0 Å². The van der Waals surface area contributed by atoms with E-state index in [-0.39, 0.29) is 23.5 Å². The molecule has 0 unspecified atom stereocenters. The Morgan fingerprint density at radius 3 is 2.45 bits per heavy atom. The van der Waals surface area contributed by atoms with Gasteiger partial charge >= 0.3 is 0 Å². The van der Waals surface area contributed by atoms with Crippen LogP contribution in [0.1, 0.15) is 48.0 Å². The number of benzene rings is 3. The number of aryl methyl sites for hydroxylation is 1. The molecule has 2 saturated heterocycles. The number of hydrogen-bond donors (Lipinski definition) is 2. The lowest BCUT2D eigenvalue weighted by molar-refractivity contribution is 0.0724. The number of ether oxygens (including phenoxy) is 1. The molecule has 1 aromatic heterocycles. The number of aromatic nitrogens is 2. The fourth-order valence-corrected chi connectivity index (χ4v) is 6.98. The predicted octanol–water partition coefficient (Wildman–Crippen LogP) is 5.43. The number of nitrogens with zero attached hydrogens (tertiary/aromatic N) is 3. The Morgan fingerprint density at radius 1 is 0.952 bits per heavy atom. The van der Waals surface area contributed by atoms with E-state index >= 15 is 0 Å². The van der Waals surface area contributed by atoms with Crippen molar-refractivity contribution in [1.29, 1.82) is 0 Å². The van der Waals surface area contributed by atoms with E-state index in [1.54, 1.807) is 19.1 Å². The molecule has 2 fully saturated rings. The quantitative estimate of drug-likeness (QED) is 0.283. The lowest BCUT2D eigenvalue weighted by Gasteiger charge is -2.26. The van der Waals surface area contributed by atoms with Crippen molar-refractivity contribution >= 4 is 38.2 Å². The van der Waals surface area contributed by atoms with Crippen LogP contribution in [0.15, 0.2) is 71.6 Å². The third-order valence-corrected chi connectivity index (χ3v) is 9.57. The zero-order valence-corrected chi connectivity index (χ0v) is 24.5. The number of nitrogens with one attached hydrogen (secondary N) is 2. The van der Waals surface area contributed by atoms with Gasteiger partial charge in [0.1, 0.15) is 5.69 Å². The summed E-state index contributed by atoms with van der Waals surface area (Å²) in [5, 5.41) is 14.1. The molecule has 0 radical (unpaired) electrons. The van der Waals surface area contributed by atoms with Crippen molar-refractivity contribution in [3.05, 3.63) is 77.9 Å². The average Bonchev–Trinajstić information content (AvgIpc) is 3.55. The number of rotatable bonds is 8. The van der Waals surface area contributed by atoms with Gasteiger partial charge in [0.05, 0.1) is 11.0 Å². The average molecular weight is 586 g/mol. The van der Waals surface area contributed by atoms with E-state index in [2.05, 4.69) is 20.2 Å². The van der Waals surface area contributed by atoms with Gasteiger partial charge in [-0.1, -0.05) is 36.4 Å². The molecule has 6 rings (SSSR count). The predicted molar refractivity (Wildman–Crippen MR) is 163 cm³/mol. The second-order valence-electron chi connectivity index (χ2n) is 11.0. The van der Waals surface area contributed by atoms with E-state index in [9.17, 15) is 13.2 Å².